The van der Waals surface area contributed by atoms with Crippen molar-refractivity contribution in [2.75, 3.05) is 11.5 Å². The molecule has 4 heteroatoms. The maximum atomic E-state index is 12.3. The van der Waals surface area contributed by atoms with E-state index in [1.165, 1.54) is 11.1 Å². The second-order valence-corrected chi connectivity index (χ2v) is 5.81. The summed E-state index contributed by atoms with van der Waals surface area (Å²) in [6, 6.07) is 11.7. The number of anilines is 2. The molecule has 0 bridgehead atoms. The molecule has 3 nitrogen and oxygen atoms in total. The van der Waals surface area contributed by atoms with Crippen molar-refractivity contribution in [2.24, 2.45) is 0 Å². The van der Waals surface area contributed by atoms with Crippen LogP contribution < -0.4 is 9.64 Å². The van der Waals surface area contributed by atoms with E-state index in [0.717, 1.165) is 21.6 Å². The number of hydrogen-bond donors (Lipinski definition) is 0. The van der Waals surface area contributed by atoms with Crippen LogP contribution in [0.5, 0.6) is 5.75 Å². The van der Waals surface area contributed by atoms with Gasteiger partial charge in [0.2, 0.25) is 0 Å². The molecule has 2 aromatic rings. The summed E-state index contributed by atoms with van der Waals surface area (Å²) < 4.78 is 6.40. The third kappa shape index (κ3) is 2.20. The molecule has 0 atom stereocenters. The molecule has 1 aliphatic heterocycles. The lowest BCUT2D eigenvalue weighted by molar-refractivity contribution is -0.120. The Kier molecular flexibility index (Phi) is 3.26. The van der Waals surface area contributed by atoms with Gasteiger partial charge in [-0.25, -0.2) is 0 Å². The van der Waals surface area contributed by atoms with Crippen molar-refractivity contribution in [3.63, 3.8) is 0 Å². The Balaban J connectivity index is 2.15. The van der Waals surface area contributed by atoms with Gasteiger partial charge in [-0.3, -0.25) is 9.69 Å². The van der Waals surface area contributed by atoms with Gasteiger partial charge in [0.05, 0.1) is 5.69 Å². The summed E-state index contributed by atoms with van der Waals surface area (Å²) in [6.07, 6.45) is 0. The van der Waals surface area contributed by atoms with Crippen molar-refractivity contribution in [2.45, 2.75) is 13.8 Å². The van der Waals surface area contributed by atoms with Crippen LogP contribution in [0.15, 0.2) is 40.9 Å². The molecule has 0 saturated carbocycles. The molecular formula is C16H14BrNO2. The molecule has 0 fully saturated rings. The number of benzene rings is 2. The number of carbonyl (C=O) groups is 1. The van der Waals surface area contributed by atoms with Crippen LogP contribution in [-0.4, -0.2) is 12.5 Å². The predicted octanol–water partition coefficient (Wildman–Crippen LogP) is 4.12. The van der Waals surface area contributed by atoms with Gasteiger partial charge in [-0.1, -0.05) is 22.0 Å². The van der Waals surface area contributed by atoms with Crippen LogP contribution in [0.3, 0.4) is 0 Å². The number of rotatable bonds is 1. The maximum Gasteiger partial charge on any atom is 0.269 e. The largest absolute Gasteiger partial charge is 0.482 e. The first-order valence-corrected chi connectivity index (χ1v) is 7.18. The Morgan fingerprint density at radius 1 is 1.10 bits per heavy atom. The molecule has 0 N–H and O–H groups in total. The van der Waals surface area contributed by atoms with Gasteiger partial charge >= 0.3 is 0 Å². The van der Waals surface area contributed by atoms with E-state index >= 15 is 0 Å². The van der Waals surface area contributed by atoms with Gasteiger partial charge in [-0.05, 0) is 55.3 Å². The smallest absolute Gasteiger partial charge is 0.269 e. The van der Waals surface area contributed by atoms with Gasteiger partial charge in [0.15, 0.2) is 6.61 Å². The van der Waals surface area contributed by atoms with E-state index in [1.54, 1.807) is 4.90 Å². The highest BCUT2D eigenvalue weighted by Gasteiger charge is 2.27. The average Bonchev–Trinajstić information content (AvgIpc) is 2.42. The first-order chi connectivity index (χ1) is 9.56. The summed E-state index contributed by atoms with van der Waals surface area (Å²) in [5.41, 5.74) is 4.03. The van der Waals surface area contributed by atoms with Gasteiger partial charge in [0.25, 0.3) is 5.91 Å². The number of aryl methyl sites for hydroxylation is 2. The fourth-order valence-corrected chi connectivity index (χ4v) is 2.62. The molecule has 1 aliphatic rings. The molecule has 0 aliphatic carbocycles. The minimum Gasteiger partial charge on any atom is -0.482 e. The van der Waals surface area contributed by atoms with Crippen LogP contribution in [-0.2, 0) is 4.79 Å². The Morgan fingerprint density at radius 2 is 1.90 bits per heavy atom. The minimum atomic E-state index is -0.0566. The Labute approximate surface area is 126 Å². The monoisotopic (exact) mass is 331 g/mol. The van der Waals surface area contributed by atoms with Crippen molar-refractivity contribution in [3.8, 4) is 5.75 Å². The standard InChI is InChI=1S/C16H14BrNO2/c1-10-3-5-13(7-11(10)2)18-14-8-12(17)4-6-15(14)20-9-16(18)19/h3-8H,9H2,1-2H3. The fourth-order valence-electron chi connectivity index (χ4n) is 2.27. The Bertz CT molecular complexity index is 697. The molecule has 0 saturated heterocycles. The van der Waals surface area contributed by atoms with Crippen LogP contribution in [0, 0.1) is 13.8 Å². The van der Waals surface area contributed by atoms with Crippen molar-refractivity contribution in [1.29, 1.82) is 0 Å². The molecule has 1 amide bonds. The second kappa shape index (κ2) is 4.94. The molecule has 2 aromatic carbocycles. The first kappa shape index (κ1) is 13.2. The van der Waals surface area contributed by atoms with Crippen LogP contribution in [0.2, 0.25) is 0 Å². The lowest BCUT2D eigenvalue weighted by Gasteiger charge is -2.30. The van der Waals surface area contributed by atoms with Crippen LogP contribution in [0.1, 0.15) is 11.1 Å². The van der Waals surface area contributed by atoms with Gasteiger partial charge in [0, 0.05) is 10.2 Å². The molecule has 102 valence electrons. The van der Waals surface area contributed by atoms with Crippen LogP contribution >= 0.6 is 15.9 Å². The zero-order valence-corrected chi connectivity index (χ0v) is 12.9. The van der Waals surface area contributed by atoms with Gasteiger partial charge < -0.3 is 4.74 Å². The van der Waals surface area contributed by atoms with Crippen molar-refractivity contribution in [1.82, 2.24) is 0 Å². The van der Waals surface area contributed by atoms with Crippen molar-refractivity contribution < 1.29 is 9.53 Å². The number of ether oxygens (including phenoxy) is 1. The summed E-state index contributed by atoms with van der Waals surface area (Å²) in [4.78, 5) is 14.0. The number of amides is 1. The lowest BCUT2D eigenvalue weighted by atomic mass is 10.1. The highest BCUT2D eigenvalue weighted by Crippen LogP contribution is 2.39. The van der Waals surface area contributed by atoms with Crippen molar-refractivity contribution in [3.05, 3.63) is 52.0 Å². The highest BCUT2D eigenvalue weighted by molar-refractivity contribution is 9.10. The van der Waals surface area contributed by atoms with Gasteiger partial charge in [0.1, 0.15) is 5.75 Å². The Morgan fingerprint density at radius 3 is 2.65 bits per heavy atom. The average molecular weight is 332 g/mol. The summed E-state index contributed by atoms with van der Waals surface area (Å²) in [5, 5.41) is 0. The third-order valence-corrected chi connectivity index (χ3v) is 4.00. The van der Waals surface area contributed by atoms with E-state index in [4.69, 9.17) is 4.74 Å². The van der Waals surface area contributed by atoms with E-state index in [9.17, 15) is 4.79 Å². The summed E-state index contributed by atoms with van der Waals surface area (Å²) in [7, 11) is 0. The van der Waals surface area contributed by atoms with Crippen LogP contribution in [0.4, 0.5) is 11.4 Å². The zero-order valence-electron chi connectivity index (χ0n) is 11.3. The SMILES string of the molecule is Cc1ccc(N2C(=O)COc3ccc(Br)cc32)cc1C. The third-order valence-electron chi connectivity index (χ3n) is 3.51. The predicted molar refractivity (Wildman–Crippen MR) is 82.7 cm³/mol. The second-order valence-electron chi connectivity index (χ2n) is 4.90. The fraction of sp³-hybridized carbons (Fsp3) is 0.188. The van der Waals surface area contributed by atoms with Gasteiger partial charge in [-0.2, -0.15) is 0 Å². The molecule has 0 aromatic heterocycles. The number of hydrogen-bond acceptors (Lipinski definition) is 2. The van der Waals surface area contributed by atoms with E-state index in [-0.39, 0.29) is 12.5 Å². The molecule has 1 heterocycles. The maximum absolute atomic E-state index is 12.3. The summed E-state index contributed by atoms with van der Waals surface area (Å²) >= 11 is 3.44. The van der Waals surface area contributed by atoms with Crippen LogP contribution in [0.25, 0.3) is 0 Å². The minimum absolute atomic E-state index is 0.0566. The zero-order chi connectivity index (χ0) is 14.3. The number of fused-ring (bicyclic) bond motifs is 1. The normalized spacial score (nSPS) is 13.9. The molecule has 3 rings (SSSR count). The molecule has 0 spiro atoms. The van der Waals surface area contributed by atoms with E-state index < -0.39 is 0 Å². The summed E-state index contributed by atoms with van der Waals surface area (Å²) in [5.74, 6) is 0.671. The Hall–Kier alpha value is -1.81. The highest BCUT2D eigenvalue weighted by atomic mass is 79.9. The number of carbonyl (C=O) groups excluding carboxylic acids is 1. The molecule has 20 heavy (non-hydrogen) atoms. The van der Waals surface area contributed by atoms with Gasteiger partial charge in [-0.15, -0.1) is 0 Å². The van der Waals surface area contributed by atoms with E-state index in [2.05, 4.69) is 22.9 Å². The quantitative estimate of drug-likeness (QED) is 0.786. The first-order valence-electron chi connectivity index (χ1n) is 6.39. The van der Waals surface area contributed by atoms with Crippen molar-refractivity contribution >= 4 is 33.2 Å². The number of nitrogens with zero attached hydrogens (tertiary/aromatic N) is 1. The molecular weight excluding hydrogens is 318 g/mol. The van der Waals surface area contributed by atoms with E-state index in [1.807, 2.05) is 43.3 Å². The summed E-state index contributed by atoms with van der Waals surface area (Å²) in [6.45, 7) is 4.18. The molecule has 0 unspecified atom stereocenters. The topological polar surface area (TPSA) is 29.5 Å². The number of halogens is 1. The lowest BCUT2D eigenvalue weighted by Crippen LogP contribution is -2.35. The molecule has 0 radical (unpaired) electrons. The van der Waals surface area contributed by atoms with E-state index in [0.29, 0.717) is 0 Å².